The molecule has 1 amide bonds. The van der Waals surface area contributed by atoms with Crippen LogP contribution in [0, 0.1) is 0 Å². The molecule has 9 heteroatoms. The second-order valence-electron chi connectivity index (χ2n) is 6.23. The van der Waals surface area contributed by atoms with Crippen molar-refractivity contribution in [2.75, 3.05) is 31.1 Å². The van der Waals surface area contributed by atoms with Crippen LogP contribution in [0.4, 0.5) is 5.82 Å². The Morgan fingerprint density at radius 2 is 1.85 bits per heavy atom. The van der Waals surface area contributed by atoms with Crippen molar-refractivity contribution in [3.8, 4) is 0 Å². The van der Waals surface area contributed by atoms with E-state index in [1.54, 1.807) is 22.8 Å². The summed E-state index contributed by atoms with van der Waals surface area (Å²) in [5.74, 6) is 0.916. The number of aromatic nitrogens is 6. The summed E-state index contributed by atoms with van der Waals surface area (Å²) in [6.07, 6.45) is 3.56. The summed E-state index contributed by atoms with van der Waals surface area (Å²) < 4.78 is 1.76. The van der Waals surface area contributed by atoms with Crippen molar-refractivity contribution in [2.24, 2.45) is 0 Å². The zero-order chi connectivity index (χ0) is 17.5. The first kappa shape index (κ1) is 14.8. The van der Waals surface area contributed by atoms with Crippen molar-refractivity contribution < 1.29 is 4.79 Å². The quantitative estimate of drug-likeness (QED) is 0.580. The highest BCUT2D eigenvalue weighted by atomic mass is 16.2. The average molecular weight is 348 g/mol. The van der Waals surface area contributed by atoms with Crippen LogP contribution in [0.25, 0.3) is 16.7 Å². The smallest absolute Gasteiger partial charge is 0.254 e. The number of hydrogen-bond acceptors (Lipinski definition) is 6. The van der Waals surface area contributed by atoms with Crippen LogP contribution in [-0.2, 0) is 0 Å². The Kier molecular flexibility index (Phi) is 3.30. The van der Waals surface area contributed by atoms with Crippen LogP contribution in [0.5, 0.6) is 0 Å². The Hall–Kier alpha value is -3.49. The van der Waals surface area contributed by atoms with Crippen LogP contribution in [0.3, 0.4) is 0 Å². The van der Waals surface area contributed by atoms with Crippen LogP contribution in [-0.4, -0.2) is 67.0 Å². The number of imidazole rings is 1. The van der Waals surface area contributed by atoms with Gasteiger partial charge in [-0.2, -0.15) is 15.4 Å². The molecule has 1 aliphatic rings. The van der Waals surface area contributed by atoms with Gasteiger partial charge in [0.2, 0.25) is 0 Å². The first-order chi connectivity index (χ1) is 12.8. The first-order valence-electron chi connectivity index (χ1n) is 8.43. The topological polar surface area (TPSA) is 95.3 Å². The van der Waals surface area contributed by atoms with Crippen LogP contribution in [0.1, 0.15) is 10.4 Å². The van der Waals surface area contributed by atoms with Crippen molar-refractivity contribution in [2.45, 2.75) is 0 Å². The van der Waals surface area contributed by atoms with Crippen LogP contribution < -0.4 is 4.90 Å². The molecular formula is C17H16N8O. The van der Waals surface area contributed by atoms with E-state index >= 15 is 0 Å². The highest BCUT2D eigenvalue weighted by molar-refractivity contribution is 5.97. The van der Waals surface area contributed by atoms with Crippen LogP contribution >= 0.6 is 0 Å². The third-order valence-electron chi connectivity index (χ3n) is 4.70. The molecule has 1 N–H and O–H groups in total. The zero-order valence-corrected chi connectivity index (χ0v) is 13.9. The molecule has 3 aromatic heterocycles. The maximum atomic E-state index is 12.8. The minimum Gasteiger partial charge on any atom is -0.352 e. The van der Waals surface area contributed by atoms with E-state index in [1.807, 2.05) is 29.3 Å². The summed E-state index contributed by atoms with van der Waals surface area (Å²) >= 11 is 0. The predicted octanol–water partition coefficient (Wildman–Crippen LogP) is 0.963. The summed E-state index contributed by atoms with van der Waals surface area (Å²) in [6.45, 7) is 2.79. The number of nitrogens with one attached hydrogen (secondary N) is 1. The fourth-order valence-electron chi connectivity index (χ4n) is 3.27. The van der Waals surface area contributed by atoms with Crippen molar-refractivity contribution >= 4 is 28.4 Å². The number of aromatic amines is 1. The van der Waals surface area contributed by atoms with Gasteiger partial charge in [0.15, 0.2) is 5.65 Å². The van der Waals surface area contributed by atoms with Gasteiger partial charge in [-0.1, -0.05) is 0 Å². The van der Waals surface area contributed by atoms with Crippen LogP contribution in [0.2, 0.25) is 0 Å². The fourth-order valence-corrected chi connectivity index (χ4v) is 3.27. The molecule has 26 heavy (non-hydrogen) atoms. The molecule has 5 rings (SSSR count). The third kappa shape index (κ3) is 2.44. The van der Waals surface area contributed by atoms with Gasteiger partial charge in [-0.3, -0.25) is 4.79 Å². The second-order valence-corrected chi connectivity index (χ2v) is 6.23. The van der Waals surface area contributed by atoms with Gasteiger partial charge in [0.05, 0.1) is 0 Å². The lowest BCUT2D eigenvalue weighted by Crippen LogP contribution is -2.49. The van der Waals surface area contributed by atoms with E-state index in [1.165, 1.54) is 0 Å². The van der Waals surface area contributed by atoms with Gasteiger partial charge in [0.25, 0.3) is 5.91 Å². The molecule has 4 aromatic rings. The van der Waals surface area contributed by atoms with E-state index in [-0.39, 0.29) is 5.91 Å². The van der Waals surface area contributed by atoms with Gasteiger partial charge in [-0.25, -0.2) is 9.50 Å². The Labute approximate surface area is 148 Å². The summed E-state index contributed by atoms with van der Waals surface area (Å²) in [7, 11) is 0. The Balaban J connectivity index is 1.30. The molecule has 1 fully saturated rings. The van der Waals surface area contributed by atoms with Gasteiger partial charge in [-0.15, -0.1) is 5.10 Å². The summed E-state index contributed by atoms with van der Waals surface area (Å²) in [4.78, 5) is 21.0. The molecular weight excluding hydrogens is 332 g/mol. The van der Waals surface area contributed by atoms with E-state index in [0.29, 0.717) is 24.2 Å². The summed E-state index contributed by atoms with van der Waals surface area (Å²) in [6, 6.07) is 9.31. The Morgan fingerprint density at radius 1 is 1.00 bits per heavy atom. The monoisotopic (exact) mass is 348 g/mol. The minimum absolute atomic E-state index is 0.0209. The normalized spacial score (nSPS) is 15.1. The standard InChI is InChI=1S/C17H16N8O/c26-17(12-1-2-13-14(11-12)20-22-19-13)24-9-7-23(8-10-24)16-4-3-15-18-5-6-25(15)21-16/h1-6,11H,7-10H2,(H,19,20,22). The van der Waals surface area contributed by atoms with Crippen molar-refractivity contribution in [3.05, 3.63) is 48.3 Å². The zero-order valence-electron chi connectivity index (χ0n) is 13.9. The van der Waals surface area contributed by atoms with Crippen molar-refractivity contribution in [1.29, 1.82) is 0 Å². The highest BCUT2D eigenvalue weighted by Gasteiger charge is 2.23. The number of benzene rings is 1. The SMILES string of the molecule is O=C(c1ccc2n[nH]nc2c1)N1CCN(c2ccc3nccn3n2)CC1. The molecule has 1 saturated heterocycles. The number of piperazine rings is 1. The van der Waals surface area contributed by atoms with Gasteiger partial charge in [0, 0.05) is 44.1 Å². The molecule has 1 aromatic carbocycles. The molecule has 4 heterocycles. The number of carbonyl (C=O) groups is 1. The van der Waals surface area contributed by atoms with E-state index in [2.05, 4.69) is 30.4 Å². The van der Waals surface area contributed by atoms with E-state index < -0.39 is 0 Å². The number of H-pyrrole nitrogens is 1. The van der Waals surface area contributed by atoms with E-state index in [4.69, 9.17) is 0 Å². The van der Waals surface area contributed by atoms with Gasteiger partial charge in [0.1, 0.15) is 16.9 Å². The third-order valence-corrected chi connectivity index (χ3v) is 4.70. The van der Waals surface area contributed by atoms with Gasteiger partial charge >= 0.3 is 0 Å². The number of fused-ring (bicyclic) bond motifs is 2. The number of carbonyl (C=O) groups excluding carboxylic acids is 1. The molecule has 130 valence electrons. The molecule has 0 radical (unpaired) electrons. The van der Waals surface area contributed by atoms with Crippen molar-refractivity contribution in [3.63, 3.8) is 0 Å². The minimum atomic E-state index is 0.0209. The fraction of sp³-hybridized carbons (Fsp3) is 0.235. The molecule has 0 aliphatic carbocycles. The number of rotatable bonds is 2. The van der Waals surface area contributed by atoms with E-state index in [0.717, 1.165) is 30.1 Å². The lowest BCUT2D eigenvalue weighted by molar-refractivity contribution is 0.0746. The molecule has 0 saturated carbocycles. The highest BCUT2D eigenvalue weighted by Crippen LogP contribution is 2.17. The maximum absolute atomic E-state index is 12.8. The van der Waals surface area contributed by atoms with Crippen molar-refractivity contribution in [1.82, 2.24) is 34.9 Å². The lowest BCUT2D eigenvalue weighted by Gasteiger charge is -2.35. The number of amides is 1. The lowest BCUT2D eigenvalue weighted by atomic mass is 10.1. The maximum Gasteiger partial charge on any atom is 0.254 e. The van der Waals surface area contributed by atoms with Gasteiger partial charge in [-0.05, 0) is 30.3 Å². The first-order valence-corrected chi connectivity index (χ1v) is 8.43. The molecule has 0 spiro atoms. The number of hydrogen-bond donors (Lipinski definition) is 1. The average Bonchev–Trinajstić information content (AvgIpc) is 3.35. The molecule has 1 aliphatic heterocycles. The molecule has 0 atom stereocenters. The van der Waals surface area contributed by atoms with E-state index in [9.17, 15) is 4.79 Å². The largest absolute Gasteiger partial charge is 0.352 e. The summed E-state index contributed by atoms with van der Waals surface area (Å²) in [5.41, 5.74) is 2.92. The van der Waals surface area contributed by atoms with Gasteiger partial charge < -0.3 is 9.80 Å². The Bertz CT molecular complexity index is 1090. The Morgan fingerprint density at radius 3 is 2.73 bits per heavy atom. The van der Waals surface area contributed by atoms with Crippen LogP contribution in [0.15, 0.2) is 42.7 Å². The number of anilines is 1. The molecule has 0 bridgehead atoms. The second kappa shape index (κ2) is 5.80. The predicted molar refractivity (Wildman–Crippen MR) is 95.0 cm³/mol. The molecule has 0 unspecified atom stereocenters. The molecule has 9 nitrogen and oxygen atoms in total. The number of nitrogens with zero attached hydrogens (tertiary/aromatic N) is 7. The summed E-state index contributed by atoms with van der Waals surface area (Å²) in [5, 5.41) is 15.2.